The summed E-state index contributed by atoms with van der Waals surface area (Å²) in [4.78, 5) is 15.0. The molecule has 2 N–H and O–H groups in total. The molecule has 0 bridgehead atoms. The minimum absolute atomic E-state index is 0.0252. The number of nitrogens with two attached hydrogens (primary N) is 1. The maximum absolute atomic E-state index is 12.2. The lowest BCUT2D eigenvalue weighted by Crippen LogP contribution is -2.15. The van der Waals surface area contributed by atoms with Crippen LogP contribution in [-0.2, 0) is 21.3 Å². The number of aromatic nitrogens is 1. The number of nitrogens with zero attached hydrogens (tertiary/aromatic N) is 1. The Balaban J connectivity index is 2.21. The largest absolute Gasteiger partial charge is 0.364 e. The molecule has 116 valence electrons. The summed E-state index contributed by atoms with van der Waals surface area (Å²) in [6, 6.07) is 9.11. The van der Waals surface area contributed by atoms with Gasteiger partial charge in [0.1, 0.15) is 5.69 Å². The van der Waals surface area contributed by atoms with Crippen molar-refractivity contribution >= 4 is 38.9 Å². The molecule has 0 fully saturated rings. The number of benzene rings is 1. The van der Waals surface area contributed by atoms with Crippen molar-refractivity contribution in [1.29, 1.82) is 0 Å². The van der Waals surface area contributed by atoms with Gasteiger partial charge in [-0.2, -0.15) is 0 Å². The second-order valence-electron chi connectivity index (χ2n) is 4.65. The molecular formula is C14H12Cl2N2O3S. The van der Waals surface area contributed by atoms with Gasteiger partial charge in [0, 0.05) is 10.0 Å². The molecule has 0 atom stereocenters. The van der Waals surface area contributed by atoms with E-state index < -0.39 is 15.7 Å². The monoisotopic (exact) mass is 358 g/mol. The van der Waals surface area contributed by atoms with E-state index in [4.69, 9.17) is 28.9 Å². The molecule has 5 nitrogen and oxygen atoms in total. The molecule has 0 saturated heterocycles. The number of rotatable bonds is 5. The lowest BCUT2D eigenvalue weighted by Gasteiger charge is -2.07. The van der Waals surface area contributed by atoms with Gasteiger partial charge in [-0.25, -0.2) is 13.4 Å². The number of pyridine rings is 1. The summed E-state index contributed by atoms with van der Waals surface area (Å²) in [5.74, 6) is -1.27. The Labute approximate surface area is 138 Å². The predicted molar refractivity (Wildman–Crippen MR) is 85.5 cm³/mol. The highest BCUT2D eigenvalue weighted by Crippen LogP contribution is 2.23. The van der Waals surface area contributed by atoms with Crippen LogP contribution in [0.5, 0.6) is 0 Å². The highest BCUT2D eigenvalue weighted by molar-refractivity contribution is 7.89. The Hall–Kier alpha value is -1.63. The maximum Gasteiger partial charge on any atom is 0.267 e. The van der Waals surface area contributed by atoms with Gasteiger partial charge < -0.3 is 5.73 Å². The zero-order valence-corrected chi connectivity index (χ0v) is 13.6. The molecule has 2 aromatic rings. The van der Waals surface area contributed by atoms with E-state index in [1.54, 1.807) is 12.1 Å². The van der Waals surface area contributed by atoms with Crippen molar-refractivity contribution in [2.45, 2.75) is 11.5 Å². The lowest BCUT2D eigenvalue weighted by atomic mass is 10.2. The van der Waals surface area contributed by atoms with E-state index in [0.717, 1.165) is 0 Å². The fourth-order valence-electron chi connectivity index (χ4n) is 1.85. The third-order valence-corrected chi connectivity index (χ3v) is 4.89. The molecule has 2 rings (SSSR count). The summed E-state index contributed by atoms with van der Waals surface area (Å²) in [6.45, 7) is 0. The number of hydrogen-bond acceptors (Lipinski definition) is 4. The van der Waals surface area contributed by atoms with Crippen LogP contribution in [-0.4, -0.2) is 19.3 Å². The standard InChI is InChI=1S/C14H12Cl2N2O3S/c15-10-5-4-9(12(16)6-10)7-22(20,21)8-11-2-1-3-13(18-11)14(17)19/h1-6H,7-8H2,(H2,17,19). The molecule has 0 spiro atoms. The molecule has 0 radical (unpaired) electrons. The minimum Gasteiger partial charge on any atom is -0.364 e. The molecule has 1 aromatic heterocycles. The van der Waals surface area contributed by atoms with Gasteiger partial charge in [-0.3, -0.25) is 4.79 Å². The molecule has 0 aliphatic carbocycles. The van der Waals surface area contributed by atoms with Gasteiger partial charge >= 0.3 is 0 Å². The van der Waals surface area contributed by atoms with Crippen molar-refractivity contribution in [1.82, 2.24) is 4.98 Å². The van der Waals surface area contributed by atoms with Gasteiger partial charge in [0.2, 0.25) is 0 Å². The Morgan fingerprint density at radius 3 is 2.50 bits per heavy atom. The van der Waals surface area contributed by atoms with Crippen LogP contribution < -0.4 is 5.73 Å². The van der Waals surface area contributed by atoms with Gasteiger partial charge in [-0.05, 0) is 29.8 Å². The van der Waals surface area contributed by atoms with E-state index in [2.05, 4.69) is 4.98 Å². The van der Waals surface area contributed by atoms with E-state index >= 15 is 0 Å². The van der Waals surface area contributed by atoms with Gasteiger partial charge in [0.15, 0.2) is 9.84 Å². The van der Waals surface area contributed by atoms with Crippen LogP contribution in [0.4, 0.5) is 0 Å². The van der Waals surface area contributed by atoms with Gasteiger partial charge in [-0.1, -0.05) is 35.3 Å². The topological polar surface area (TPSA) is 90.1 Å². The van der Waals surface area contributed by atoms with E-state index in [9.17, 15) is 13.2 Å². The molecule has 22 heavy (non-hydrogen) atoms. The molecule has 1 aromatic carbocycles. The van der Waals surface area contributed by atoms with Gasteiger partial charge in [0.05, 0.1) is 17.2 Å². The van der Waals surface area contributed by atoms with Crippen LogP contribution in [0.1, 0.15) is 21.7 Å². The molecule has 1 amide bonds. The minimum atomic E-state index is -3.51. The fourth-order valence-corrected chi connectivity index (χ4v) is 3.84. The van der Waals surface area contributed by atoms with Crippen molar-refractivity contribution in [3.05, 3.63) is 63.4 Å². The molecule has 0 unspecified atom stereocenters. The van der Waals surface area contributed by atoms with Crippen molar-refractivity contribution < 1.29 is 13.2 Å². The smallest absolute Gasteiger partial charge is 0.267 e. The zero-order chi connectivity index (χ0) is 16.3. The quantitative estimate of drug-likeness (QED) is 0.889. The lowest BCUT2D eigenvalue weighted by molar-refractivity contribution is 0.0995. The summed E-state index contributed by atoms with van der Waals surface area (Å²) in [5.41, 5.74) is 5.86. The number of hydrogen-bond donors (Lipinski definition) is 1. The molecular weight excluding hydrogens is 347 g/mol. The first-order chi connectivity index (χ1) is 10.3. The zero-order valence-electron chi connectivity index (χ0n) is 11.3. The second kappa shape index (κ2) is 6.64. The highest BCUT2D eigenvalue weighted by atomic mass is 35.5. The Morgan fingerprint density at radius 1 is 1.14 bits per heavy atom. The molecule has 0 aliphatic rings. The van der Waals surface area contributed by atoms with E-state index in [1.807, 2.05) is 0 Å². The summed E-state index contributed by atoms with van der Waals surface area (Å²) in [7, 11) is -3.51. The predicted octanol–water partition coefficient (Wildman–Crippen LogP) is 2.60. The first-order valence-corrected chi connectivity index (χ1v) is 8.75. The van der Waals surface area contributed by atoms with Gasteiger partial charge in [0.25, 0.3) is 5.91 Å². The van der Waals surface area contributed by atoms with E-state index in [0.29, 0.717) is 10.6 Å². The Bertz CT molecular complexity index is 823. The number of carbonyl (C=O) groups excluding carboxylic acids is 1. The first-order valence-electron chi connectivity index (χ1n) is 6.17. The summed E-state index contributed by atoms with van der Waals surface area (Å²) in [5, 5.41) is 0.719. The average molecular weight is 359 g/mol. The summed E-state index contributed by atoms with van der Waals surface area (Å²) >= 11 is 11.8. The van der Waals surface area contributed by atoms with Crippen LogP contribution in [0.3, 0.4) is 0 Å². The second-order valence-corrected chi connectivity index (χ2v) is 7.55. The summed E-state index contributed by atoms with van der Waals surface area (Å²) in [6.07, 6.45) is 0. The van der Waals surface area contributed by atoms with Crippen LogP contribution in [0.15, 0.2) is 36.4 Å². The molecule has 8 heteroatoms. The van der Waals surface area contributed by atoms with Crippen LogP contribution in [0.2, 0.25) is 10.0 Å². The normalized spacial score (nSPS) is 11.4. The number of amides is 1. The van der Waals surface area contributed by atoms with E-state index in [1.165, 1.54) is 24.3 Å². The molecule has 1 heterocycles. The number of halogens is 2. The number of sulfone groups is 1. The highest BCUT2D eigenvalue weighted by Gasteiger charge is 2.17. The fraction of sp³-hybridized carbons (Fsp3) is 0.143. The third kappa shape index (κ3) is 4.43. The van der Waals surface area contributed by atoms with E-state index in [-0.39, 0.29) is 27.9 Å². The number of carbonyl (C=O) groups is 1. The Morgan fingerprint density at radius 2 is 1.86 bits per heavy atom. The van der Waals surface area contributed by atoms with Gasteiger partial charge in [-0.15, -0.1) is 0 Å². The summed E-state index contributed by atoms with van der Waals surface area (Å²) < 4.78 is 24.5. The van der Waals surface area contributed by atoms with Crippen molar-refractivity contribution in [3.63, 3.8) is 0 Å². The van der Waals surface area contributed by atoms with Crippen LogP contribution in [0.25, 0.3) is 0 Å². The van der Waals surface area contributed by atoms with Crippen molar-refractivity contribution in [2.75, 3.05) is 0 Å². The van der Waals surface area contributed by atoms with Crippen molar-refractivity contribution in [3.8, 4) is 0 Å². The SMILES string of the molecule is NC(=O)c1cccc(CS(=O)(=O)Cc2ccc(Cl)cc2Cl)n1. The molecule has 0 saturated carbocycles. The van der Waals surface area contributed by atoms with Crippen LogP contribution in [0, 0.1) is 0 Å². The number of primary amides is 1. The average Bonchev–Trinajstić information content (AvgIpc) is 2.41. The van der Waals surface area contributed by atoms with Crippen molar-refractivity contribution in [2.24, 2.45) is 5.73 Å². The first kappa shape index (κ1) is 16.7. The Kier molecular flexibility index (Phi) is 5.05. The molecule has 0 aliphatic heterocycles. The van der Waals surface area contributed by atoms with Crippen LogP contribution >= 0.6 is 23.2 Å². The maximum atomic E-state index is 12.2. The third-order valence-electron chi connectivity index (χ3n) is 2.82.